The van der Waals surface area contributed by atoms with E-state index < -0.39 is 0 Å². The summed E-state index contributed by atoms with van der Waals surface area (Å²) in [6.07, 6.45) is 11.9. The van der Waals surface area contributed by atoms with Crippen LogP contribution in [0.3, 0.4) is 0 Å². The van der Waals surface area contributed by atoms with Crippen LogP contribution in [-0.2, 0) is 27.1 Å². The van der Waals surface area contributed by atoms with Crippen LogP contribution in [0.1, 0.15) is 182 Å². The average molecular weight is 831 g/mol. The van der Waals surface area contributed by atoms with Gasteiger partial charge in [0.05, 0.1) is 11.4 Å². The first-order valence-electron chi connectivity index (χ1n) is 23.5. The molecule has 0 bridgehead atoms. The molecule has 0 aliphatic heterocycles. The number of hydrogen-bond acceptors (Lipinski definition) is 2. The third-order valence-corrected chi connectivity index (χ3v) is 14.1. The highest BCUT2D eigenvalue weighted by Crippen LogP contribution is 2.54. The van der Waals surface area contributed by atoms with Gasteiger partial charge in [-0.15, -0.1) is 0 Å². The number of allylic oxidation sites excluding steroid dienone is 5. The Morgan fingerprint density at radius 1 is 0.548 bits per heavy atom. The van der Waals surface area contributed by atoms with Crippen molar-refractivity contribution in [2.24, 2.45) is 10.8 Å². The fourth-order valence-electron chi connectivity index (χ4n) is 10.8. The van der Waals surface area contributed by atoms with Gasteiger partial charge in [0.25, 0.3) is 0 Å². The quantitative estimate of drug-likeness (QED) is 0.163. The van der Waals surface area contributed by atoms with Gasteiger partial charge in [-0.2, -0.15) is 0 Å². The van der Waals surface area contributed by atoms with Crippen LogP contribution in [0.25, 0.3) is 0 Å². The first-order chi connectivity index (χ1) is 28.3. The van der Waals surface area contributed by atoms with Gasteiger partial charge in [0, 0.05) is 22.8 Å². The summed E-state index contributed by atoms with van der Waals surface area (Å²) in [6, 6.07) is 26.4. The SMILES string of the molecule is C/C=C(\C=C/C1=CC(C)(C)CC1(C)C)N(c1cc2c(cc1C)C(C)(C)CC2(C)C)c1cc(C(C)(C)C)cc(N(c2cccc(C(C)(C)C)c2)c2cc(C(C)(C)C)ccc2C)c1C. The van der Waals surface area contributed by atoms with Crippen LogP contribution < -0.4 is 9.80 Å². The second kappa shape index (κ2) is 15.7. The first kappa shape index (κ1) is 47.2. The Labute approximate surface area is 379 Å². The average Bonchev–Trinajstić information content (AvgIpc) is 3.46. The molecule has 0 saturated heterocycles. The first-order valence-corrected chi connectivity index (χ1v) is 23.5. The van der Waals surface area contributed by atoms with E-state index >= 15 is 0 Å². The third kappa shape index (κ3) is 9.19. The topological polar surface area (TPSA) is 6.48 Å². The van der Waals surface area contributed by atoms with E-state index in [-0.39, 0.29) is 37.9 Å². The van der Waals surface area contributed by atoms with Gasteiger partial charge < -0.3 is 9.80 Å². The maximum Gasteiger partial charge on any atom is 0.0514 e. The highest BCUT2D eigenvalue weighted by molar-refractivity contribution is 5.87. The maximum atomic E-state index is 2.61. The van der Waals surface area contributed by atoms with Gasteiger partial charge in [0.1, 0.15) is 0 Å². The molecular weight excluding hydrogens is 749 g/mol. The number of aryl methyl sites for hydroxylation is 2. The fourth-order valence-corrected chi connectivity index (χ4v) is 10.8. The van der Waals surface area contributed by atoms with Crippen LogP contribution >= 0.6 is 0 Å². The fraction of sp³-hybridized carbons (Fsp3) is 0.500. The summed E-state index contributed by atoms with van der Waals surface area (Å²) >= 11 is 0. The van der Waals surface area contributed by atoms with Crippen molar-refractivity contribution in [3.8, 4) is 0 Å². The van der Waals surface area contributed by atoms with Crippen molar-refractivity contribution in [1.29, 1.82) is 0 Å². The van der Waals surface area contributed by atoms with E-state index in [0.29, 0.717) is 0 Å². The molecule has 2 aliphatic rings. The van der Waals surface area contributed by atoms with Crippen LogP contribution in [0.5, 0.6) is 0 Å². The molecule has 0 atom stereocenters. The lowest BCUT2D eigenvalue weighted by atomic mass is 9.80. The zero-order valence-electron chi connectivity index (χ0n) is 43.0. The number of rotatable bonds is 8. The van der Waals surface area contributed by atoms with E-state index in [9.17, 15) is 0 Å². The Bertz CT molecular complexity index is 2450. The molecule has 0 amide bonds. The second-order valence-corrected chi connectivity index (χ2v) is 24.9. The summed E-state index contributed by atoms with van der Waals surface area (Å²) in [7, 11) is 0. The monoisotopic (exact) mass is 831 g/mol. The highest BCUT2D eigenvalue weighted by Gasteiger charge is 2.43. The zero-order valence-corrected chi connectivity index (χ0v) is 43.0. The highest BCUT2D eigenvalue weighted by atomic mass is 15.2. The predicted octanol–water partition coefficient (Wildman–Crippen LogP) is 17.9. The maximum absolute atomic E-state index is 2.61. The number of nitrogens with zero attached hydrogens (tertiary/aromatic N) is 2. The van der Waals surface area contributed by atoms with Crippen molar-refractivity contribution < 1.29 is 0 Å². The van der Waals surface area contributed by atoms with Crippen LogP contribution in [0.2, 0.25) is 0 Å². The Hall–Kier alpha value is -4.30. The molecule has 0 spiro atoms. The number of anilines is 5. The summed E-state index contributed by atoms with van der Waals surface area (Å²) in [5, 5.41) is 0. The third-order valence-electron chi connectivity index (χ3n) is 14.1. The Morgan fingerprint density at radius 3 is 1.65 bits per heavy atom. The Kier molecular flexibility index (Phi) is 12.0. The largest absolute Gasteiger partial charge is 0.310 e. The van der Waals surface area contributed by atoms with E-state index in [1.807, 2.05) is 0 Å². The number of hydrogen-bond donors (Lipinski definition) is 0. The minimum atomic E-state index is -0.126. The van der Waals surface area contributed by atoms with Gasteiger partial charge in [-0.1, -0.05) is 166 Å². The molecule has 0 fully saturated rings. The Balaban J connectivity index is 1.74. The Morgan fingerprint density at radius 2 is 1.10 bits per heavy atom. The normalized spacial score (nSPS) is 18.3. The molecule has 4 aromatic rings. The molecular formula is C60H82N2. The zero-order chi connectivity index (χ0) is 46.3. The summed E-state index contributed by atoms with van der Waals surface area (Å²) < 4.78 is 0. The molecule has 0 heterocycles. The molecule has 2 aliphatic carbocycles. The van der Waals surface area contributed by atoms with Gasteiger partial charge in [-0.3, -0.25) is 0 Å². The van der Waals surface area contributed by atoms with Crippen molar-refractivity contribution in [2.45, 2.75) is 185 Å². The predicted molar refractivity (Wildman–Crippen MR) is 274 cm³/mol. The minimum absolute atomic E-state index is 0.00657. The standard InChI is InChI=1S/C60H82N2/c1-22-46(29-28-44-36-57(14,15)37-58(44,16)17)61(51-35-49-48(30-40(51)3)59(18,19)38-60(49,20)21)52-33-45(56(11,12)13)34-53(41(52)4)62(47-25-23-24-42(31-47)54(5,6)7)50-32-43(55(8,9)10)27-26-39(50)2/h22-36H,37-38H2,1-21H3/b29-28-,46-22+. The van der Waals surface area contributed by atoms with Crippen molar-refractivity contribution in [3.63, 3.8) is 0 Å². The number of benzene rings is 4. The molecule has 0 N–H and O–H groups in total. The van der Waals surface area contributed by atoms with Crippen molar-refractivity contribution >= 4 is 28.4 Å². The lowest BCUT2D eigenvalue weighted by Crippen LogP contribution is -2.23. The molecule has 332 valence electrons. The molecule has 2 heteroatoms. The van der Waals surface area contributed by atoms with Gasteiger partial charge in [-0.25, -0.2) is 0 Å². The van der Waals surface area contributed by atoms with E-state index in [2.05, 4.69) is 246 Å². The minimum Gasteiger partial charge on any atom is -0.310 e. The van der Waals surface area contributed by atoms with Crippen molar-refractivity contribution in [3.05, 3.63) is 147 Å². The summed E-state index contributed by atoms with van der Waals surface area (Å²) in [6.45, 7) is 49.5. The van der Waals surface area contributed by atoms with Crippen LogP contribution in [0, 0.1) is 31.6 Å². The number of fused-ring (bicyclic) bond motifs is 1. The van der Waals surface area contributed by atoms with Crippen LogP contribution in [0.4, 0.5) is 28.4 Å². The van der Waals surface area contributed by atoms with E-state index in [1.54, 1.807) is 0 Å². The smallest absolute Gasteiger partial charge is 0.0514 e. The van der Waals surface area contributed by atoms with E-state index in [0.717, 1.165) is 12.8 Å². The summed E-state index contributed by atoms with van der Waals surface area (Å²) in [5.74, 6) is 0. The molecule has 4 aromatic carbocycles. The van der Waals surface area contributed by atoms with Crippen molar-refractivity contribution in [1.82, 2.24) is 0 Å². The molecule has 0 saturated carbocycles. The van der Waals surface area contributed by atoms with Gasteiger partial charge >= 0.3 is 0 Å². The molecule has 6 rings (SSSR count). The molecule has 62 heavy (non-hydrogen) atoms. The second-order valence-electron chi connectivity index (χ2n) is 24.9. The van der Waals surface area contributed by atoms with Crippen LogP contribution in [-0.4, -0.2) is 0 Å². The summed E-state index contributed by atoms with van der Waals surface area (Å²) in [4.78, 5) is 5.18. The lowest BCUT2D eigenvalue weighted by molar-refractivity contribution is 0.328. The lowest BCUT2D eigenvalue weighted by Gasteiger charge is -2.37. The molecule has 0 unspecified atom stereocenters. The van der Waals surface area contributed by atoms with Gasteiger partial charge in [0.15, 0.2) is 0 Å². The molecule has 2 nitrogen and oxygen atoms in total. The molecule has 0 aromatic heterocycles. The van der Waals surface area contributed by atoms with Gasteiger partial charge in [-0.05, 0) is 171 Å². The molecule has 0 radical (unpaired) electrons. The van der Waals surface area contributed by atoms with Crippen LogP contribution in [0.15, 0.2) is 102 Å². The van der Waals surface area contributed by atoms with E-state index in [1.165, 1.54) is 84.2 Å². The van der Waals surface area contributed by atoms with Gasteiger partial charge in [0.2, 0.25) is 0 Å². The van der Waals surface area contributed by atoms with E-state index in [4.69, 9.17) is 0 Å². The summed E-state index contributed by atoms with van der Waals surface area (Å²) in [5.41, 5.74) is 19.7. The van der Waals surface area contributed by atoms with Crippen molar-refractivity contribution in [2.75, 3.05) is 9.80 Å².